The Morgan fingerprint density at radius 3 is 2.57 bits per heavy atom. The number of carbonyl (C=O) groups excluding carboxylic acids is 2. The lowest BCUT2D eigenvalue weighted by molar-refractivity contribution is -0.388. The summed E-state index contributed by atoms with van der Waals surface area (Å²) in [4.78, 5) is 41.5. The second kappa shape index (κ2) is 12.4. The summed E-state index contributed by atoms with van der Waals surface area (Å²) in [6, 6.07) is 8.03. The van der Waals surface area contributed by atoms with Crippen molar-refractivity contribution < 1.29 is 27.5 Å². The number of rotatable bonds is 9. The summed E-state index contributed by atoms with van der Waals surface area (Å²) in [5.41, 5.74) is -0.969. The van der Waals surface area contributed by atoms with Crippen LogP contribution in [0.25, 0.3) is 0 Å². The number of nitrogens with one attached hydrogen (secondary N) is 2. The molecule has 1 aliphatic heterocycles. The average Bonchev–Trinajstić information content (AvgIpc) is 3.72. The molecule has 2 aliphatic rings. The number of nitrogens with zero attached hydrogens (tertiary/aromatic N) is 4. The van der Waals surface area contributed by atoms with E-state index >= 15 is 0 Å². The molecule has 2 aromatic carbocycles. The smallest absolute Gasteiger partial charge is 0.301 e. The maximum atomic E-state index is 13.9. The molecule has 1 aliphatic carbocycles. The quantitative estimate of drug-likeness (QED) is 0.147. The molecule has 230 valence electrons. The van der Waals surface area contributed by atoms with Gasteiger partial charge in [-0.1, -0.05) is 29.3 Å². The van der Waals surface area contributed by atoms with Gasteiger partial charge in [-0.2, -0.15) is 13.5 Å². The third kappa shape index (κ3) is 6.56. The van der Waals surface area contributed by atoms with E-state index in [4.69, 9.17) is 23.2 Å². The molecule has 2 heterocycles. The third-order valence-electron chi connectivity index (χ3n) is 7.18. The van der Waals surface area contributed by atoms with E-state index in [0.29, 0.717) is 10.4 Å². The Morgan fingerprint density at radius 1 is 1.20 bits per heavy atom. The van der Waals surface area contributed by atoms with E-state index in [0.717, 1.165) is 23.9 Å². The number of benzene rings is 2. The van der Waals surface area contributed by atoms with E-state index in [2.05, 4.69) is 36.6 Å². The molecule has 1 saturated carbocycles. The lowest BCUT2D eigenvalue weighted by Crippen LogP contribution is -2.40. The Kier molecular flexibility index (Phi) is 8.96. The monoisotopic (exact) mass is 724 g/mol. The predicted molar refractivity (Wildman–Crippen MR) is 167 cm³/mol. The molecule has 1 aromatic heterocycles. The van der Waals surface area contributed by atoms with Gasteiger partial charge in [0.1, 0.15) is 6.04 Å². The van der Waals surface area contributed by atoms with Gasteiger partial charge < -0.3 is 10.6 Å². The molecule has 3 N–H and O–H groups in total. The van der Waals surface area contributed by atoms with E-state index < -0.39 is 43.5 Å². The minimum atomic E-state index is -4.98. The minimum absolute atomic E-state index is 0.0456. The zero-order valence-electron chi connectivity index (χ0n) is 22.7. The van der Waals surface area contributed by atoms with Gasteiger partial charge in [-0.25, -0.2) is 9.99 Å². The summed E-state index contributed by atoms with van der Waals surface area (Å²) in [7, 11) is -4.98. The number of nitro benzene ring substituents is 1. The number of halogens is 3. The summed E-state index contributed by atoms with van der Waals surface area (Å²) < 4.78 is 33.8. The van der Waals surface area contributed by atoms with Gasteiger partial charge >= 0.3 is 10.1 Å². The molecule has 1 fully saturated rings. The molecule has 5 rings (SSSR count). The van der Waals surface area contributed by atoms with E-state index in [1.165, 1.54) is 36.5 Å². The first-order valence-corrected chi connectivity index (χ1v) is 16.1. The van der Waals surface area contributed by atoms with Gasteiger partial charge in [0.15, 0.2) is 10.7 Å². The van der Waals surface area contributed by atoms with Crippen LogP contribution in [0.5, 0.6) is 0 Å². The van der Waals surface area contributed by atoms with Crippen molar-refractivity contribution in [1.82, 2.24) is 10.3 Å². The Hall–Kier alpha value is -3.63. The van der Waals surface area contributed by atoms with Crippen molar-refractivity contribution in [2.45, 2.75) is 43.2 Å². The maximum Gasteiger partial charge on any atom is 0.301 e. The number of amides is 2. The number of pyridine rings is 1. The van der Waals surface area contributed by atoms with Crippen molar-refractivity contribution in [3.05, 3.63) is 84.4 Å². The maximum absolute atomic E-state index is 13.9. The first-order chi connectivity index (χ1) is 20.8. The molecule has 17 heteroatoms. The Balaban J connectivity index is 1.54. The van der Waals surface area contributed by atoms with Crippen LogP contribution < -0.4 is 15.6 Å². The number of nitro groups is 1. The number of aromatic nitrogens is 1. The summed E-state index contributed by atoms with van der Waals surface area (Å²) in [6.45, 7) is 1.90. The largest absolute Gasteiger partial charge is 0.349 e. The van der Waals surface area contributed by atoms with Gasteiger partial charge in [0.2, 0.25) is 5.91 Å². The Bertz CT molecular complexity index is 1840. The molecule has 2 amide bonds. The molecule has 3 aromatic rings. The minimum Gasteiger partial charge on any atom is -0.349 e. The van der Waals surface area contributed by atoms with Crippen LogP contribution in [0.3, 0.4) is 0 Å². The summed E-state index contributed by atoms with van der Waals surface area (Å²) in [5.74, 6) is -0.724. The molecule has 2 atom stereocenters. The van der Waals surface area contributed by atoms with Gasteiger partial charge in [0.25, 0.3) is 11.6 Å². The summed E-state index contributed by atoms with van der Waals surface area (Å²) in [6.07, 6.45) is 3.15. The highest BCUT2D eigenvalue weighted by Gasteiger charge is 2.40. The highest BCUT2D eigenvalue weighted by Crippen LogP contribution is 2.37. The van der Waals surface area contributed by atoms with Gasteiger partial charge in [-0.3, -0.25) is 24.3 Å². The van der Waals surface area contributed by atoms with Crippen LogP contribution in [-0.2, 0) is 14.9 Å². The number of hydrazone groups is 1. The number of anilines is 2. The van der Waals surface area contributed by atoms with Crippen molar-refractivity contribution in [2.24, 2.45) is 11.0 Å². The first kappa shape index (κ1) is 31.8. The highest BCUT2D eigenvalue weighted by atomic mass is 79.9. The standard InChI is InChI=1S/C27H23BrCl2N6O7S/c1-13(14-7-8-14)32-26(37)17-10-15(29)11-18(28)23(17)33-27(38)21-12-20(34-35(21)25-19(30)5-3-9-31-25)16-4-2-6-22(44(41,42)43)24(16)36(39)40/h2-6,9-11,13-14,21H,7-8,12H2,1H3,(H,32,37)(H,33,38)(H,41,42,43). The Morgan fingerprint density at radius 2 is 1.93 bits per heavy atom. The van der Waals surface area contributed by atoms with Crippen LogP contribution in [0.2, 0.25) is 10.0 Å². The number of hydrogen-bond acceptors (Lipinski definition) is 9. The second-order valence-electron chi connectivity index (χ2n) is 10.2. The van der Waals surface area contributed by atoms with E-state index in [1.807, 2.05) is 6.92 Å². The molecule has 44 heavy (non-hydrogen) atoms. The molecule has 0 saturated heterocycles. The molecule has 13 nitrogen and oxygen atoms in total. The van der Waals surface area contributed by atoms with Crippen LogP contribution in [0.15, 0.2) is 63.1 Å². The number of carbonyl (C=O) groups is 2. The zero-order chi connectivity index (χ0) is 31.9. The van der Waals surface area contributed by atoms with Gasteiger partial charge in [0.05, 0.1) is 32.5 Å². The van der Waals surface area contributed by atoms with Gasteiger partial charge in [-0.15, -0.1) is 0 Å². The van der Waals surface area contributed by atoms with Crippen LogP contribution >= 0.6 is 39.1 Å². The van der Waals surface area contributed by atoms with Crippen molar-refractivity contribution >= 4 is 84.0 Å². The summed E-state index contributed by atoms with van der Waals surface area (Å²) in [5, 5.41) is 23.6. The van der Waals surface area contributed by atoms with Crippen LogP contribution in [-0.4, -0.2) is 52.5 Å². The highest BCUT2D eigenvalue weighted by molar-refractivity contribution is 9.10. The molecule has 0 bridgehead atoms. The normalized spacial score (nSPS) is 17.2. The van der Waals surface area contributed by atoms with E-state index in [9.17, 15) is 32.7 Å². The predicted octanol–water partition coefficient (Wildman–Crippen LogP) is 5.46. The third-order valence-corrected chi connectivity index (χ3v) is 9.20. The lowest BCUT2D eigenvalue weighted by Gasteiger charge is -2.23. The fourth-order valence-electron chi connectivity index (χ4n) is 4.86. The van der Waals surface area contributed by atoms with Crippen LogP contribution in [0, 0.1) is 16.0 Å². The van der Waals surface area contributed by atoms with Gasteiger partial charge in [-0.05, 0) is 78.0 Å². The Labute approximate surface area is 269 Å². The van der Waals surface area contributed by atoms with Crippen LogP contribution in [0.4, 0.5) is 17.2 Å². The van der Waals surface area contributed by atoms with E-state index in [1.54, 1.807) is 6.07 Å². The van der Waals surface area contributed by atoms with Crippen LogP contribution in [0.1, 0.15) is 42.1 Å². The van der Waals surface area contributed by atoms with Crippen molar-refractivity contribution in [3.8, 4) is 0 Å². The van der Waals surface area contributed by atoms with Crippen molar-refractivity contribution in [3.63, 3.8) is 0 Å². The van der Waals surface area contributed by atoms with Crippen molar-refractivity contribution in [1.29, 1.82) is 0 Å². The number of para-hydroxylation sites is 1. The van der Waals surface area contributed by atoms with Gasteiger partial charge in [0, 0.05) is 28.2 Å². The van der Waals surface area contributed by atoms with E-state index in [-0.39, 0.29) is 50.9 Å². The second-order valence-corrected chi connectivity index (χ2v) is 13.3. The molecule has 0 radical (unpaired) electrons. The summed E-state index contributed by atoms with van der Waals surface area (Å²) >= 11 is 16.0. The molecular formula is C27H23BrCl2N6O7S. The fourth-order valence-corrected chi connectivity index (χ4v) is 6.65. The number of hydrogen-bond donors (Lipinski definition) is 3. The topological polar surface area (TPSA) is 184 Å². The van der Waals surface area contributed by atoms with Crippen molar-refractivity contribution in [2.75, 3.05) is 10.3 Å². The SMILES string of the molecule is CC(NC(=O)c1cc(Cl)cc(Br)c1NC(=O)C1CC(c2cccc(S(=O)(=O)O)c2[N+](=O)[O-])=NN1c1ncccc1Cl)C1CC1. The molecule has 2 unspecified atom stereocenters. The zero-order valence-corrected chi connectivity index (χ0v) is 26.6. The first-order valence-electron chi connectivity index (χ1n) is 13.1. The fraction of sp³-hybridized carbons (Fsp3) is 0.259. The molecule has 0 spiro atoms. The average molecular weight is 726 g/mol. The molecular weight excluding hydrogens is 703 g/mol. The lowest BCUT2D eigenvalue weighted by atomic mass is 10.0.